The molecule has 4 heterocycles. The predicted octanol–water partition coefficient (Wildman–Crippen LogP) is 5.84. The molecule has 0 spiro atoms. The number of rotatable bonds is 0. The summed E-state index contributed by atoms with van der Waals surface area (Å²) < 4.78 is 2.58. The van der Waals surface area contributed by atoms with Crippen molar-refractivity contribution in [3.63, 3.8) is 0 Å². The molecule has 0 atom stereocenters. The number of benzene rings is 1. The molecule has 0 unspecified atom stereocenters. The Balaban J connectivity index is 0.000000170. The zero-order valence-electron chi connectivity index (χ0n) is 14.8. The zero-order valence-corrected chi connectivity index (χ0v) is 17.2. The van der Waals surface area contributed by atoms with Crippen LogP contribution in [0.4, 0.5) is 0 Å². The fourth-order valence-electron chi connectivity index (χ4n) is 3.14. The van der Waals surface area contributed by atoms with Crippen molar-refractivity contribution in [2.75, 3.05) is 0 Å². The highest BCUT2D eigenvalue weighted by molar-refractivity contribution is 8.33. The molecule has 0 aromatic heterocycles. The van der Waals surface area contributed by atoms with E-state index in [9.17, 15) is 0 Å². The van der Waals surface area contributed by atoms with E-state index >= 15 is 0 Å². The molecule has 4 bridgehead atoms. The Morgan fingerprint density at radius 2 is 1.20 bits per heavy atom. The lowest BCUT2D eigenvalue weighted by atomic mass is 9.79. The standard InChI is InChI=1S/C10H12S3.C8H4N2.C2H6/c1-2-3-10-4-7-11-8(5-10)13-9(6-10)12-7;9-5-7-1-2-8(6-10)4-3-7;1-2/h7-9H,4-6H2,1H3;1-4H;1-2H3. The fraction of sp³-hybridized carbons (Fsp3) is 0.500. The second-order valence-corrected chi connectivity index (χ2v) is 10.9. The van der Waals surface area contributed by atoms with Crippen molar-refractivity contribution >= 4 is 35.3 Å². The maximum absolute atomic E-state index is 8.37. The van der Waals surface area contributed by atoms with Gasteiger partial charge in [0.25, 0.3) is 0 Å². The van der Waals surface area contributed by atoms with Crippen LogP contribution in [0.1, 0.15) is 51.2 Å². The third-order valence-electron chi connectivity index (χ3n) is 4.12. The summed E-state index contributed by atoms with van der Waals surface area (Å²) in [5.74, 6) is 6.65. The lowest BCUT2D eigenvalue weighted by Gasteiger charge is -2.53. The van der Waals surface area contributed by atoms with Crippen molar-refractivity contribution in [1.82, 2.24) is 0 Å². The van der Waals surface area contributed by atoms with Gasteiger partial charge in [0.15, 0.2) is 0 Å². The van der Waals surface area contributed by atoms with Crippen molar-refractivity contribution in [2.24, 2.45) is 5.41 Å². The summed E-state index contributed by atoms with van der Waals surface area (Å²) in [5, 5.41) is 16.7. The van der Waals surface area contributed by atoms with Gasteiger partial charge in [-0.25, -0.2) is 0 Å². The van der Waals surface area contributed by atoms with Gasteiger partial charge in [0.05, 0.1) is 37.0 Å². The monoisotopic (exact) mass is 386 g/mol. The SMILES string of the molecule is CC.CC#CC12CC3SC(C1)SC(C2)S3.N#Cc1ccc(C#N)cc1. The smallest absolute Gasteiger partial charge is 0.0991 e. The van der Waals surface area contributed by atoms with E-state index < -0.39 is 0 Å². The van der Waals surface area contributed by atoms with Crippen LogP contribution in [0.15, 0.2) is 24.3 Å². The zero-order chi connectivity index (χ0) is 18.3. The van der Waals surface area contributed by atoms with Gasteiger partial charge in [-0.15, -0.1) is 41.2 Å². The van der Waals surface area contributed by atoms with Crippen LogP contribution in [0.5, 0.6) is 0 Å². The average molecular weight is 387 g/mol. The summed E-state index contributed by atoms with van der Waals surface area (Å²) in [7, 11) is 0. The van der Waals surface area contributed by atoms with Gasteiger partial charge in [-0.05, 0) is 50.5 Å². The lowest BCUT2D eigenvalue weighted by molar-refractivity contribution is 0.322. The summed E-state index contributed by atoms with van der Waals surface area (Å²) in [6.45, 7) is 5.99. The fourth-order valence-corrected chi connectivity index (χ4v) is 10.5. The molecule has 4 aliphatic rings. The van der Waals surface area contributed by atoms with Gasteiger partial charge in [0.2, 0.25) is 0 Å². The predicted molar refractivity (Wildman–Crippen MR) is 111 cm³/mol. The molecular weight excluding hydrogens is 364 g/mol. The maximum atomic E-state index is 8.37. The Kier molecular flexibility index (Phi) is 7.64. The van der Waals surface area contributed by atoms with Crippen molar-refractivity contribution in [3.8, 4) is 24.0 Å². The summed E-state index contributed by atoms with van der Waals surface area (Å²) in [4.78, 5) is 0. The minimum Gasteiger partial charge on any atom is -0.192 e. The van der Waals surface area contributed by atoms with E-state index in [0.29, 0.717) is 16.5 Å². The van der Waals surface area contributed by atoms with Gasteiger partial charge in [-0.2, -0.15) is 10.5 Å². The molecule has 0 N–H and O–H groups in total. The minimum absolute atomic E-state index is 0.427. The second-order valence-electron chi connectivity index (χ2n) is 5.77. The molecule has 1 aromatic carbocycles. The Labute approximate surface area is 164 Å². The van der Waals surface area contributed by atoms with Crippen molar-refractivity contribution in [2.45, 2.75) is 53.8 Å². The van der Waals surface area contributed by atoms with E-state index in [1.54, 1.807) is 24.3 Å². The summed E-state index contributed by atoms with van der Waals surface area (Å²) in [5.41, 5.74) is 1.59. The topological polar surface area (TPSA) is 47.6 Å². The van der Waals surface area contributed by atoms with Crippen LogP contribution >= 0.6 is 35.3 Å². The van der Waals surface area contributed by atoms with Crippen molar-refractivity contribution in [3.05, 3.63) is 35.4 Å². The van der Waals surface area contributed by atoms with Gasteiger partial charge in [-0.3, -0.25) is 0 Å². The van der Waals surface area contributed by atoms with Gasteiger partial charge in [-0.1, -0.05) is 19.8 Å². The van der Waals surface area contributed by atoms with E-state index in [2.05, 4.69) is 47.1 Å². The number of nitrogens with zero attached hydrogens (tertiary/aromatic N) is 2. The largest absolute Gasteiger partial charge is 0.192 e. The molecule has 4 fully saturated rings. The second kappa shape index (κ2) is 9.49. The molecule has 5 rings (SSSR count). The molecule has 25 heavy (non-hydrogen) atoms. The van der Waals surface area contributed by atoms with Crippen LogP contribution in [-0.4, -0.2) is 13.7 Å². The molecule has 0 saturated carbocycles. The average Bonchev–Trinajstić information content (AvgIpc) is 2.63. The van der Waals surface area contributed by atoms with E-state index in [0.717, 1.165) is 13.7 Å². The Hall–Kier alpha value is -1.19. The molecule has 130 valence electrons. The molecule has 1 aromatic rings. The summed E-state index contributed by atoms with van der Waals surface area (Å²) in [6.07, 6.45) is 4.03. The lowest BCUT2D eigenvalue weighted by Crippen LogP contribution is -2.43. The molecule has 2 nitrogen and oxygen atoms in total. The van der Waals surface area contributed by atoms with Crippen LogP contribution < -0.4 is 0 Å². The highest BCUT2D eigenvalue weighted by Crippen LogP contribution is 2.66. The normalized spacial score (nSPS) is 30.2. The van der Waals surface area contributed by atoms with Crippen molar-refractivity contribution in [1.29, 1.82) is 10.5 Å². The Morgan fingerprint density at radius 3 is 1.48 bits per heavy atom. The van der Waals surface area contributed by atoms with E-state index in [1.807, 2.05) is 32.9 Å². The van der Waals surface area contributed by atoms with E-state index in [4.69, 9.17) is 10.5 Å². The highest BCUT2D eigenvalue weighted by Gasteiger charge is 2.51. The highest BCUT2D eigenvalue weighted by atomic mass is 32.3. The number of hydrogen-bond donors (Lipinski definition) is 0. The van der Waals surface area contributed by atoms with Gasteiger partial charge < -0.3 is 0 Å². The quantitative estimate of drug-likeness (QED) is 0.524. The van der Waals surface area contributed by atoms with Crippen LogP contribution in [0.2, 0.25) is 0 Å². The van der Waals surface area contributed by atoms with E-state index in [1.165, 1.54) is 19.3 Å². The van der Waals surface area contributed by atoms with Gasteiger partial charge in [0, 0.05) is 5.41 Å². The van der Waals surface area contributed by atoms with Crippen molar-refractivity contribution < 1.29 is 0 Å². The molecule has 0 aliphatic carbocycles. The molecule has 4 saturated heterocycles. The molecular formula is C20H22N2S3. The van der Waals surface area contributed by atoms with E-state index in [-0.39, 0.29) is 0 Å². The Bertz CT molecular complexity index is 648. The van der Waals surface area contributed by atoms with Gasteiger partial charge in [0.1, 0.15) is 0 Å². The number of nitriles is 2. The molecule has 0 radical (unpaired) electrons. The van der Waals surface area contributed by atoms with Gasteiger partial charge >= 0.3 is 0 Å². The molecule has 4 aliphatic heterocycles. The van der Waals surface area contributed by atoms with Crippen LogP contribution in [0.3, 0.4) is 0 Å². The summed E-state index contributed by atoms with van der Waals surface area (Å²) >= 11 is 6.57. The Morgan fingerprint density at radius 1 is 0.840 bits per heavy atom. The number of hydrogen-bond acceptors (Lipinski definition) is 5. The third-order valence-corrected chi connectivity index (χ3v) is 8.94. The summed E-state index contributed by atoms with van der Waals surface area (Å²) in [6, 6.07) is 10.4. The van der Waals surface area contributed by atoms with Crippen LogP contribution in [-0.2, 0) is 0 Å². The van der Waals surface area contributed by atoms with Crippen LogP contribution in [0, 0.1) is 39.9 Å². The van der Waals surface area contributed by atoms with Crippen LogP contribution in [0.25, 0.3) is 0 Å². The molecule has 5 heteroatoms. The number of thioether (sulfide) groups is 3. The first-order valence-electron chi connectivity index (χ1n) is 8.47. The maximum Gasteiger partial charge on any atom is 0.0991 e. The third kappa shape index (κ3) is 5.15. The minimum atomic E-state index is 0.427. The first kappa shape index (κ1) is 20.1. The molecule has 0 amide bonds. The first-order chi connectivity index (χ1) is 12.2. The first-order valence-corrected chi connectivity index (χ1v) is 11.3.